The van der Waals surface area contributed by atoms with Gasteiger partial charge in [0.2, 0.25) is 11.8 Å². The smallest absolute Gasteiger partial charge is 0.326 e. The Hall–Kier alpha value is -2.28. The van der Waals surface area contributed by atoms with Gasteiger partial charge in [-0.05, 0) is 31.0 Å². The molecule has 2 fully saturated rings. The Labute approximate surface area is 145 Å². The highest BCUT2D eigenvalue weighted by Crippen LogP contribution is 2.50. The number of nitrogens with zero attached hydrogens (tertiary/aromatic N) is 1. The van der Waals surface area contributed by atoms with Crippen LogP contribution in [0.25, 0.3) is 0 Å². The van der Waals surface area contributed by atoms with Crippen molar-refractivity contribution in [2.75, 3.05) is 13.7 Å². The minimum absolute atomic E-state index is 0.238. The van der Waals surface area contributed by atoms with Gasteiger partial charge < -0.3 is 4.74 Å². The van der Waals surface area contributed by atoms with E-state index in [0.29, 0.717) is 5.56 Å². The first-order valence-electron chi connectivity index (χ1n) is 8.38. The number of benzene rings is 1. The van der Waals surface area contributed by atoms with Crippen LogP contribution < -0.4 is 5.32 Å². The number of hydrogen-bond acceptors (Lipinski definition) is 5. The van der Waals surface area contributed by atoms with Crippen molar-refractivity contribution in [1.29, 1.82) is 0 Å². The van der Waals surface area contributed by atoms with Gasteiger partial charge in [-0.3, -0.25) is 24.6 Å². The lowest BCUT2D eigenvalue weighted by Crippen LogP contribution is -2.55. The van der Waals surface area contributed by atoms with E-state index in [9.17, 15) is 18.8 Å². The summed E-state index contributed by atoms with van der Waals surface area (Å²) in [7, 11) is 1.25. The fourth-order valence-corrected chi connectivity index (χ4v) is 4.20. The van der Waals surface area contributed by atoms with E-state index in [1.54, 1.807) is 26.0 Å². The second-order valence-electron chi connectivity index (χ2n) is 6.42. The number of halogens is 1. The molecule has 4 atom stereocenters. The molecule has 2 saturated heterocycles. The van der Waals surface area contributed by atoms with Gasteiger partial charge in [-0.1, -0.05) is 19.1 Å². The molecule has 0 aliphatic carbocycles. The fraction of sp³-hybridized carbons (Fsp3) is 0.500. The Balaban J connectivity index is 2.15. The zero-order valence-electron chi connectivity index (χ0n) is 14.4. The normalized spacial score (nSPS) is 31.4. The van der Waals surface area contributed by atoms with Gasteiger partial charge in [0.25, 0.3) is 0 Å². The van der Waals surface area contributed by atoms with Crippen molar-refractivity contribution in [3.05, 3.63) is 35.6 Å². The number of esters is 1. The third kappa shape index (κ3) is 2.37. The number of hydrogen-bond donors (Lipinski definition) is 1. The van der Waals surface area contributed by atoms with Gasteiger partial charge in [0.05, 0.1) is 18.9 Å². The fourth-order valence-electron chi connectivity index (χ4n) is 4.20. The number of carbonyl (C=O) groups excluding carboxylic acids is 3. The predicted octanol–water partition coefficient (Wildman–Crippen LogP) is 1.41. The van der Waals surface area contributed by atoms with E-state index < -0.39 is 35.2 Å². The highest BCUT2D eigenvalue weighted by Gasteiger charge is 2.67. The quantitative estimate of drug-likeness (QED) is 0.658. The molecule has 0 bridgehead atoms. The Morgan fingerprint density at radius 2 is 2.04 bits per heavy atom. The summed E-state index contributed by atoms with van der Waals surface area (Å²) in [5.41, 5.74) is -0.763. The first-order valence-corrected chi connectivity index (χ1v) is 8.38. The summed E-state index contributed by atoms with van der Waals surface area (Å²) in [4.78, 5) is 39.4. The summed E-state index contributed by atoms with van der Waals surface area (Å²) < 4.78 is 18.6. The van der Waals surface area contributed by atoms with Crippen molar-refractivity contribution in [3.63, 3.8) is 0 Å². The van der Waals surface area contributed by atoms with E-state index >= 15 is 0 Å². The van der Waals surface area contributed by atoms with Crippen LogP contribution in [0.3, 0.4) is 0 Å². The van der Waals surface area contributed by atoms with Crippen LogP contribution in [0.1, 0.15) is 31.9 Å². The molecule has 1 aromatic rings. The monoisotopic (exact) mass is 348 g/mol. The summed E-state index contributed by atoms with van der Waals surface area (Å²) in [6.07, 6.45) is 0.281. The SMILES string of the molecule is CCN1C(=O)[C@H]2[C@@H](C1=O)[C@@](CC)(C(=O)OC)N[C@H]2c1cccc(F)c1. The highest BCUT2D eigenvalue weighted by molar-refractivity contribution is 6.09. The highest BCUT2D eigenvalue weighted by atomic mass is 19.1. The topological polar surface area (TPSA) is 75.7 Å². The average Bonchev–Trinajstić information content (AvgIpc) is 3.09. The minimum atomic E-state index is -1.30. The number of fused-ring (bicyclic) bond motifs is 1. The summed E-state index contributed by atoms with van der Waals surface area (Å²) in [6.45, 7) is 3.72. The molecule has 6 nitrogen and oxygen atoms in total. The van der Waals surface area contributed by atoms with E-state index in [4.69, 9.17) is 4.74 Å². The molecule has 25 heavy (non-hydrogen) atoms. The van der Waals surface area contributed by atoms with Crippen LogP contribution in [-0.4, -0.2) is 41.9 Å². The van der Waals surface area contributed by atoms with Crippen LogP contribution in [0, 0.1) is 17.7 Å². The summed E-state index contributed by atoms with van der Waals surface area (Å²) in [6, 6.07) is 5.23. The van der Waals surface area contributed by atoms with Crippen molar-refractivity contribution in [2.24, 2.45) is 11.8 Å². The first-order chi connectivity index (χ1) is 11.9. The van der Waals surface area contributed by atoms with Crippen molar-refractivity contribution in [2.45, 2.75) is 31.8 Å². The Morgan fingerprint density at radius 3 is 2.60 bits per heavy atom. The van der Waals surface area contributed by atoms with Crippen LogP contribution in [-0.2, 0) is 19.1 Å². The number of methoxy groups -OCH3 is 1. The molecule has 7 heteroatoms. The van der Waals surface area contributed by atoms with Crippen LogP contribution in [0.4, 0.5) is 4.39 Å². The number of imide groups is 1. The van der Waals surface area contributed by atoms with E-state index in [-0.39, 0.29) is 24.8 Å². The minimum Gasteiger partial charge on any atom is -0.468 e. The van der Waals surface area contributed by atoms with Gasteiger partial charge in [-0.15, -0.1) is 0 Å². The number of nitrogens with one attached hydrogen (secondary N) is 1. The first kappa shape index (κ1) is 17.5. The molecule has 134 valence electrons. The predicted molar refractivity (Wildman–Crippen MR) is 86.7 cm³/mol. The maximum atomic E-state index is 13.7. The summed E-state index contributed by atoms with van der Waals surface area (Å²) >= 11 is 0. The molecule has 0 saturated carbocycles. The van der Waals surface area contributed by atoms with Crippen LogP contribution in [0.2, 0.25) is 0 Å². The third-order valence-electron chi connectivity index (χ3n) is 5.38. The number of ether oxygens (including phenoxy) is 1. The molecule has 3 rings (SSSR count). The van der Waals surface area contributed by atoms with Crippen LogP contribution in [0.5, 0.6) is 0 Å². The average molecular weight is 348 g/mol. The molecule has 1 aromatic carbocycles. The maximum Gasteiger partial charge on any atom is 0.326 e. The third-order valence-corrected chi connectivity index (χ3v) is 5.38. The number of likely N-dealkylation sites (tertiary alicyclic amines) is 1. The van der Waals surface area contributed by atoms with Gasteiger partial charge in [-0.25, -0.2) is 4.39 Å². The van der Waals surface area contributed by atoms with Crippen LogP contribution in [0.15, 0.2) is 24.3 Å². The Bertz CT molecular complexity index is 738. The van der Waals surface area contributed by atoms with Gasteiger partial charge in [0.1, 0.15) is 11.4 Å². The van der Waals surface area contributed by atoms with Gasteiger partial charge >= 0.3 is 5.97 Å². The maximum absolute atomic E-state index is 13.7. The molecule has 0 spiro atoms. The summed E-state index contributed by atoms with van der Waals surface area (Å²) in [5, 5.41) is 3.15. The molecular formula is C18H21FN2O4. The molecule has 2 heterocycles. The molecule has 1 N–H and O–H groups in total. The van der Waals surface area contributed by atoms with Crippen molar-refractivity contribution in [1.82, 2.24) is 10.2 Å². The van der Waals surface area contributed by atoms with Gasteiger partial charge in [0, 0.05) is 12.6 Å². The Morgan fingerprint density at radius 1 is 1.32 bits per heavy atom. The zero-order valence-corrected chi connectivity index (χ0v) is 14.4. The molecule has 2 aliphatic rings. The van der Waals surface area contributed by atoms with Crippen molar-refractivity contribution in [3.8, 4) is 0 Å². The van der Waals surface area contributed by atoms with Crippen molar-refractivity contribution >= 4 is 17.8 Å². The number of carbonyl (C=O) groups is 3. The second kappa shape index (κ2) is 6.22. The zero-order chi connectivity index (χ0) is 18.4. The number of rotatable bonds is 4. The number of amides is 2. The lowest BCUT2D eigenvalue weighted by atomic mass is 9.78. The molecule has 0 aromatic heterocycles. The van der Waals surface area contributed by atoms with Gasteiger partial charge in [0.15, 0.2) is 0 Å². The summed E-state index contributed by atoms with van der Waals surface area (Å²) in [5.74, 6) is -3.34. The standard InChI is InChI=1S/C18H21FN2O4/c1-4-18(17(24)25-3)13-12(15(22)21(5-2)16(13)23)14(20-18)10-7-6-8-11(19)9-10/h6-9,12-14,20H,4-5H2,1-3H3/t12-,13-,14-,18-/m0/s1. The lowest BCUT2D eigenvalue weighted by Gasteiger charge is -2.31. The van der Waals surface area contributed by atoms with E-state index in [1.807, 2.05) is 0 Å². The van der Waals surface area contributed by atoms with Crippen LogP contribution >= 0.6 is 0 Å². The van der Waals surface area contributed by atoms with E-state index in [0.717, 1.165) is 0 Å². The van der Waals surface area contributed by atoms with Crippen molar-refractivity contribution < 1.29 is 23.5 Å². The lowest BCUT2D eigenvalue weighted by molar-refractivity contribution is -0.154. The van der Waals surface area contributed by atoms with E-state index in [1.165, 1.54) is 24.1 Å². The second-order valence-corrected chi connectivity index (χ2v) is 6.42. The molecule has 0 radical (unpaired) electrons. The molecule has 0 unspecified atom stereocenters. The molecular weight excluding hydrogens is 327 g/mol. The molecule has 2 amide bonds. The molecule has 2 aliphatic heterocycles. The largest absolute Gasteiger partial charge is 0.468 e. The Kier molecular flexibility index (Phi) is 4.36. The van der Waals surface area contributed by atoms with E-state index in [2.05, 4.69) is 5.32 Å². The van der Waals surface area contributed by atoms with Gasteiger partial charge in [-0.2, -0.15) is 0 Å².